The van der Waals surface area contributed by atoms with Crippen molar-refractivity contribution in [2.75, 3.05) is 5.32 Å². The molecule has 0 bridgehead atoms. The lowest BCUT2D eigenvalue weighted by Gasteiger charge is -2.13. The Kier molecular flexibility index (Phi) is 4.25. The van der Waals surface area contributed by atoms with Crippen molar-refractivity contribution in [2.45, 2.75) is 26.4 Å². The van der Waals surface area contributed by atoms with Gasteiger partial charge in [-0.3, -0.25) is 9.59 Å². The molecule has 1 aliphatic rings. The molecule has 0 spiro atoms. The maximum atomic E-state index is 12.1. The molecule has 2 aromatic rings. The maximum absolute atomic E-state index is 12.1. The molecule has 1 fully saturated rings. The minimum absolute atomic E-state index is 0.387. The molecule has 0 saturated heterocycles. The topological polar surface area (TPSA) is 75.6 Å². The number of carboxylic acid groups (broad SMARTS) is 1. The molecular weight excluding hydrogens is 306 g/mol. The number of amides is 1. The van der Waals surface area contributed by atoms with Crippen LogP contribution in [0.15, 0.2) is 48.5 Å². The Labute approximate surface area is 140 Å². The average molecular weight is 325 g/mol. The molecule has 0 radical (unpaired) electrons. The fourth-order valence-corrected chi connectivity index (χ4v) is 2.51. The summed E-state index contributed by atoms with van der Waals surface area (Å²) in [6.45, 7) is 2.46. The van der Waals surface area contributed by atoms with Crippen LogP contribution in [0.2, 0.25) is 0 Å². The lowest BCUT2D eigenvalue weighted by Crippen LogP contribution is -2.31. The van der Waals surface area contributed by atoms with Crippen molar-refractivity contribution < 1.29 is 19.4 Å². The Hall–Kier alpha value is -2.82. The van der Waals surface area contributed by atoms with Crippen LogP contribution < -0.4 is 10.1 Å². The number of ether oxygens (including phenoxy) is 1. The zero-order valence-corrected chi connectivity index (χ0v) is 13.4. The number of hydrogen-bond acceptors (Lipinski definition) is 3. The summed E-state index contributed by atoms with van der Waals surface area (Å²) in [5, 5.41) is 11.8. The van der Waals surface area contributed by atoms with Crippen molar-refractivity contribution in [3.8, 4) is 5.75 Å². The number of benzene rings is 2. The van der Waals surface area contributed by atoms with Gasteiger partial charge in [0.05, 0.1) is 0 Å². The molecule has 0 unspecified atom stereocenters. The highest BCUT2D eigenvalue weighted by Gasteiger charge is 2.57. The van der Waals surface area contributed by atoms with Crippen LogP contribution in [-0.4, -0.2) is 17.0 Å². The Morgan fingerprint density at radius 3 is 2.58 bits per heavy atom. The molecule has 1 amide bonds. The summed E-state index contributed by atoms with van der Waals surface area (Å²) in [7, 11) is 0. The van der Waals surface area contributed by atoms with Crippen molar-refractivity contribution >= 4 is 17.6 Å². The predicted molar refractivity (Wildman–Crippen MR) is 89.9 cm³/mol. The van der Waals surface area contributed by atoms with Crippen LogP contribution in [0.3, 0.4) is 0 Å². The molecule has 2 N–H and O–H groups in total. The molecule has 0 aliphatic heterocycles. The van der Waals surface area contributed by atoms with E-state index in [0.29, 0.717) is 30.9 Å². The number of aliphatic carboxylic acids is 1. The molecule has 1 saturated carbocycles. The summed E-state index contributed by atoms with van der Waals surface area (Å²) in [6.07, 6.45) is 0.773. The number of carbonyl (C=O) groups excluding carboxylic acids is 1. The molecule has 1 aliphatic carbocycles. The average Bonchev–Trinajstić information content (AvgIpc) is 3.36. The molecule has 5 nitrogen and oxygen atoms in total. The molecule has 124 valence electrons. The first-order chi connectivity index (χ1) is 11.5. The number of rotatable bonds is 6. The Bertz CT molecular complexity index is 780. The summed E-state index contributed by atoms with van der Waals surface area (Å²) < 4.78 is 5.78. The van der Waals surface area contributed by atoms with Gasteiger partial charge in [-0.1, -0.05) is 30.3 Å². The molecule has 2 aromatic carbocycles. The van der Waals surface area contributed by atoms with Crippen LogP contribution in [0.1, 0.15) is 24.0 Å². The van der Waals surface area contributed by atoms with Gasteiger partial charge in [0.15, 0.2) is 0 Å². The van der Waals surface area contributed by atoms with Gasteiger partial charge in [-0.05, 0) is 43.0 Å². The zero-order chi connectivity index (χ0) is 17.2. The smallest absolute Gasteiger partial charge is 0.319 e. The SMILES string of the molecule is Cc1ccccc1COc1cccc(NC(=O)C2(C(=O)O)CC2)c1. The van der Waals surface area contributed by atoms with Gasteiger partial charge >= 0.3 is 5.97 Å². The van der Waals surface area contributed by atoms with Gasteiger partial charge < -0.3 is 15.2 Å². The van der Waals surface area contributed by atoms with Gasteiger partial charge in [0.1, 0.15) is 17.8 Å². The summed E-state index contributed by atoms with van der Waals surface area (Å²) >= 11 is 0. The van der Waals surface area contributed by atoms with Crippen LogP contribution >= 0.6 is 0 Å². The third-order valence-electron chi connectivity index (χ3n) is 4.34. The first kappa shape index (κ1) is 16.1. The number of carboxylic acids is 1. The highest BCUT2D eigenvalue weighted by atomic mass is 16.5. The first-order valence-electron chi connectivity index (χ1n) is 7.83. The van der Waals surface area contributed by atoms with Crippen LogP contribution in [0.4, 0.5) is 5.69 Å². The van der Waals surface area contributed by atoms with E-state index in [1.165, 1.54) is 0 Å². The molecular formula is C19H19NO4. The van der Waals surface area contributed by atoms with Crippen molar-refractivity contribution in [1.29, 1.82) is 0 Å². The second-order valence-electron chi connectivity index (χ2n) is 6.08. The van der Waals surface area contributed by atoms with Gasteiger partial charge in [-0.25, -0.2) is 0 Å². The van der Waals surface area contributed by atoms with Crippen molar-refractivity contribution in [3.05, 3.63) is 59.7 Å². The van der Waals surface area contributed by atoms with Crippen molar-refractivity contribution in [1.82, 2.24) is 0 Å². The first-order valence-corrected chi connectivity index (χ1v) is 7.83. The van der Waals surface area contributed by atoms with E-state index >= 15 is 0 Å². The van der Waals surface area contributed by atoms with Crippen LogP contribution in [0.5, 0.6) is 5.75 Å². The van der Waals surface area contributed by atoms with Gasteiger partial charge in [0.25, 0.3) is 0 Å². The van der Waals surface area contributed by atoms with E-state index in [4.69, 9.17) is 9.84 Å². The Morgan fingerprint density at radius 1 is 1.17 bits per heavy atom. The monoisotopic (exact) mass is 325 g/mol. The van der Waals surface area contributed by atoms with E-state index < -0.39 is 17.3 Å². The van der Waals surface area contributed by atoms with Gasteiger partial charge in [-0.15, -0.1) is 0 Å². The lowest BCUT2D eigenvalue weighted by atomic mass is 10.1. The number of anilines is 1. The number of aryl methyl sites for hydroxylation is 1. The standard InChI is InChI=1S/C19H19NO4/c1-13-5-2-3-6-14(13)12-24-16-8-4-7-15(11-16)20-17(21)19(9-10-19)18(22)23/h2-8,11H,9-10,12H2,1H3,(H,20,21)(H,22,23). The predicted octanol–water partition coefficient (Wildman–Crippen LogP) is 3.38. The molecule has 5 heteroatoms. The molecule has 0 heterocycles. The van der Waals surface area contributed by atoms with Crippen molar-refractivity contribution in [3.63, 3.8) is 0 Å². The fraction of sp³-hybridized carbons (Fsp3) is 0.263. The Balaban J connectivity index is 1.65. The van der Waals surface area contributed by atoms with E-state index in [1.807, 2.05) is 31.2 Å². The van der Waals surface area contributed by atoms with E-state index in [0.717, 1.165) is 11.1 Å². The fourth-order valence-electron chi connectivity index (χ4n) is 2.51. The molecule has 0 aromatic heterocycles. The summed E-state index contributed by atoms with van der Waals surface area (Å²) in [5.74, 6) is -0.908. The summed E-state index contributed by atoms with van der Waals surface area (Å²) in [6, 6.07) is 15.0. The number of nitrogens with one attached hydrogen (secondary N) is 1. The molecule has 24 heavy (non-hydrogen) atoms. The third-order valence-corrected chi connectivity index (χ3v) is 4.34. The quantitative estimate of drug-likeness (QED) is 0.798. The van der Waals surface area contributed by atoms with Crippen LogP contribution in [-0.2, 0) is 16.2 Å². The van der Waals surface area contributed by atoms with Crippen LogP contribution in [0.25, 0.3) is 0 Å². The second kappa shape index (κ2) is 6.35. The van der Waals surface area contributed by atoms with Gasteiger partial charge in [0, 0.05) is 11.8 Å². The molecule has 0 atom stereocenters. The number of hydrogen-bond donors (Lipinski definition) is 2. The second-order valence-corrected chi connectivity index (χ2v) is 6.08. The zero-order valence-electron chi connectivity index (χ0n) is 13.4. The molecule has 3 rings (SSSR count). The lowest BCUT2D eigenvalue weighted by molar-refractivity contribution is -0.147. The maximum Gasteiger partial charge on any atom is 0.319 e. The number of carbonyl (C=O) groups is 2. The minimum Gasteiger partial charge on any atom is -0.489 e. The highest BCUT2D eigenvalue weighted by molar-refractivity contribution is 6.10. The van der Waals surface area contributed by atoms with Gasteiger partial charge in [0.2, 0.25) is 5.91 Å². The van der Waals surface area contributed by atoms with E-state index in [-0.39, 0.29) is 0 Å². The summed E-state index contributed by atoms with van der Waals surface area (Å²) in [4.78, 5) is 23.3. The van der Waals surface area contributed by atoms with E-state index in [9.17, 15) is 9.59 Å². The van der Waals surface area contributed by atoms with Gasteiger partial charge in [-0.2, -0.15) is 0 Å². The Morgan fingerprint density at radius 2 is 1.92 bits per heavy atom. The minimum atomic E-state index is -1.25. The normalized spacial score (nSPS) is 14.7. The largest absolute Gasteiger partial charge is 0.489 e. The summed E-state index contributed by atoms with van der Waals surface area (Å²) in [5.41, 5.74) is 1.53. The van der Waals surface area contributed by atoms with Crippen molar-refractivity contribution in [2.24, 2.45) is 5.41 Å². The van der Waals surface area contributed by atoms with E-state index in [2.05, 4.69) is 5.32 Å². The van der Waals surface area contributed by atoms with Crippen LogP contribution in [0, 0.1) is 12.3 Å². The van der Waals surface area contributed by atoms with E-state index in [1.54, 1.807) is 24.3 Å². The highest BCUT2D eigenvalue weighted by Crippen LogP contribution is 2.46. The third kappa shape index (κ3) is 3.25.